The fraction of sp³-hybridized carbons (Fsp3) is 0.0370. The molecule has 7 nitrogen and oxygen atoms in total. The number of halogens is 1. The zero-order chi connectivity index (χ0) is 25.4. The van der Waals surface area contributed by atoms with Crippen LogP contribution in [-0.4, -0.2) is 25.9 Å². The summed E-state index contributed by atoms with van der Waals surface area (Å²) in [6.45, 7) is 1.67. The molecule has 1 N–H and O–H groups in total. The van der Waals surface area contributed by atoms with Crippen LogP contribution in [0.2, 0.25) is 5.02 Å². The predicted octanol–water partition coefficient (Wildman–Crippen LogP) is 5.52. The highest BCUT2D eigenvalue weighted by Crippen LogP contribution is 2.29. The highest BCUT2D eigenvalue weighted by Gasteiger charge is 2.30. The molecule has 0 aliphatic carbocycles. The van der Waals surface area contributed by atoms with Crippen LogP contribution in [0.15, 0.2) is 100 Å². The maximum absolute atomic E-state index is 13.7. The Hall–Kier alpha value is -4.27. The number of rotatable bonds is 4. The second kappa shape index (κ2) is 9.41. The highest BCUT2D eigenvalue weighted by molar-refractivity contribution is 7.71. The summed E-state index contributed by atoms with van der Waals surface area (Å²) in [5, 5.41) is 17.4. The van der Waals surface area contributed by atoms with Crippen LogP contribution in [0.5, 0.6) is 5.88 Å². The maximum Gasteiger partial charge on any atom is 0.280 e. The van der Waals surface area contributed by atoms with E-state index in [-0.39, 0.29) is 21.8 Å². The number of para-hydroxylation sites is 2. The average Bonchev–Trinajstić information content (AvgIpc) is 3.16. The molecule has 0 spiro atoms. The number of hydrogen-bond acceptors (Lipinski definition) is 5. The van der Waals surface area contributed by atoms with Crippen molar-refractivity contribution in [2.45, 2.75) is 6.92 Å². The molecule has 1 aromatic heterocycles. The van der Waals surface area contributed by atoms with Gasteiger partial charge in [-0.05, 0) is 73.7 Å². The van der Waals surface area contributed by atoms with E-state index in [1.165, 1.54) is 20.2 Å². The molecule has 9 heteroatoms. The normalized spacial score (nSPS) is 14.4. The number of carbonyl (C=O) groups is 1. The van der Waals surface area contributed by atoms with Crippen molar-refractivity contribution < 1.29 is 9.90 Å². The molecule has 5 rings (SSSR count). The van der Waals surface area contributed by atoms with Gasteiger partial charge in [0.1, 0.15) is 5.56 Å². The minimum atomic E-state index is -0.561. The van der Waals surface area contributed by atoms with Crippen LogP contribution in [0.3, 0.4) is 0 Å². The molecule has 0 unspecified atom stereocenters. The molecule has 0 radical (unpaired) electrons. The van der Waals surface area contributed by atoms with E-state index in [1.54, 1.807) is 79.7 Å². The summed E-state index contributed by atoms with van der Waals surface area (Å²) in [5.74, 6) is -0.810. The largest absolute Gasteiger partial charge is 0.494 e. The van der Waals surface area contributed by atoms with Crippen LogP contribution in [0, 0.1) is 4.77 Å². The lowest BCUT2D eigenvalue weighted by Crippen LogP contribution is -2.26. The zero-order valence-corrected chi connectivity index (χ0v) is 20.6. The summed E-state index contributed by atoms with van der Waals surface area (Å²) in [6, 6.07) is 24.5. The monoisotopic (exact) mass is 514 g/mol. The van der Waals surface area contributed by atoms with Crippen molar-refractivity contribution in [2.24, 2.45) is 5.10 Å². The van der Waals surface area contributed by atoms with Gasteiger partial charge < -0.3 is 5.11 Å². The quantitative estimate of drug-likeness (QED) is 0.287. The Labute approximate surface area is 216 Å². The van der Waals surface area contributed by atoms with Gasteiger partial charge in [-0.1, -0.05) is 48.0 Å². The molecule has 0 saturated carbocycles. The molecule has 3 aromatic carbocycles. The number of carbonyl (C=O) groups excluding carboxylic acids is 1. The summed E-state index contributed by atoms with van der Waals surface area (Å²) < 4.78 is 2.82. The van der Waals surface area contributed by atoms with E-state index in [0.717, 1.165) is 0 Å². The van der Waals surface area contributed by atoms with Crippen LogP contribution in [0.4, 0.5) is 5.69 Å². The molecule has 1 aliphatic heterocycles. The van der Waals surface area contributed by atoms with Gasteiger partial charge in [0, 0.05) is 5.02 Å². The first kappa shape index (κ1) is 23.5. The second-order valence-electron chi connectivity index (χ2n) is 8.00. The van der Waals surface area contributed by atoms with Gasteiger partial charge in [-0.2, -0.15) is 10.1 Å². The van der Waals surface area contributed by atoms with Crippen LogP contribution >= 0.6 is 23.8 Å². The minimum absolute atomic E-state index is 0.0861. The van der Waals surface area contributed by atoms with Crippen molar-refractivity contribution in [3.8, 4) is 17.3 Å². The van der Waals surface area contributed by atoms with Crippen LogP contribution < -0.4 is 10.6 Å². The molecule has 0 saturated heterocycles. The van der Waals surface area contributed by atoms with Crippen LogP contribution in [-0.2, 0) is 4.79 Å². The number of amides is 1. The van der Waals surface area contributed by atoms with E-state index in [2.05, 4.69) is 5.10 Å². The van der Waals surface area contributed by atoms with Gasteiger partial charge in [-0.15, -0.1) is 0 Å². The molecule has 0 atom stereocenters. The lowest BCUT2D eigenvalue weighted by atomic mass is 10.1. The van der Waals surface area contributed by atoms with E-state index in [1.807, 2.05) is 12.1 Å². The Balaban J connectivity index is 1.73. The Kier molecular flexibility index (Phi) is 6.13. The van der Waals surface area contributed by atoms with Crippen LogP contribution in [0.1, 0.15) is 12.5 Å². The van der Waals surface area contributed by atoms with E-state index < -0.39 is 11.5 Å². The van der Waals surface area contributed by atoms with Crippen molar-refractivity contribution in [1.82, 2.24) is 9.13 Å². The fourth-order valence-electron chi connectivity index (χ4n) is 3.94. The summed E-state index contributed by atoms with van der Waals surface area (Å²) in [7, 11) is 0. The highest BCUT2D eigenvalue weighted by atomic mass is 35.5. The number of anilines is 1. The van der Waals surface area contributed by atoms with Gasteiger partial charge in [0.2, 0.25) is 5.88 Å². The number of aromatic nitrogens is 2. The van der Waals surface area contributed by atoms with Gasteiger partial charge in [0.05, 0.1) is 28.3 Å². The molecule has 178 valence electrons. The third-order valence-corrected chi connectivity index (χ3v) is 6.34. The van der Waals surface area contributed by atoms with E-state index in [4.69, 9.17) is 23.8 Å². The van der Waals surface area contributed by atoms with E-state index in [9.17, 15) is 14.7 Å². The Morgan fingerprint density at radius 1 is 0.833 bits per heavy atom. The minimum Gasteiger partial charge on any atom is -0.494 e. The van der Waals surface area contributed by atoms with Crippen molar-refractivity contribution in [2.75, 3.05) is 5.01 Å². The molecule has 36 heavy (non-hydrogen) atoms. The second-order valence-corrected chi connectivity index (χ2v) is 8.81. The first-order chi connectivity index (χ1) is 17.4. The number of hydrogen-bond donors (Lipinski definition) is 1. The smallest absolute Gasteiger partial charge is 0.280 e. The van der Waals surface area contributed by atoms with Gasteiger partial charge in [0.15, 0.2) is 4.77 Å². The average molecular weight is 515 g/mol. The fourth-order valence-corrected chi connectivity index (χ4v) is 4.45. The van der Waals surface area contributed by atoms with E-state index in [0.29, 0.717) is 27.8 Å². The first-order valence-electron chi connectivity index (χ1n) is 11.0. The lowest BCUT2D eigenvalue weighted by Gasteiger charge is -2.17. The number of aromatic hydroxyl groups is 1. The van der Waals surface area contributed by atoms with E-state index >= 15 is 0 Å². The Morgan fingerprint density at radius 2 is 1.39 bits per heavy atom. The summed E-state index contributed by atoms with van der Waals surface area (Å²) >= 11 is 11.6. The Bertz CT molecular complexity index is 1660. The number of nitrogens with zero attached hydrogens (tertiary/aromatic N) is 4. The summed E-state index contributed by atoms with van der Waals surface area (Å²) in [4.78, 5) is 27.0. The topological polar surface area (TPSA) is 79.8 Å². The van der Waals surface area contributed by atoms with Gasteiger partial charge in [0.25, 0.3) is 11.5 Å². The number of hydrazone groups is 1. The first-order valence-corrected chi connectivity index (χ1v) is 11.7. The maximum atomic E-state index is 13.7. The van der Waals surface area contributed by atoms with Crippen molar-refractivity contribution in [1.29, 1.82) is 0 Å². The van der Waals surface area contributed by atoms with Crippen molar-refractivity contribution in [3.05, 3.63) is 116 Å². The standard InChI is InChI=1S/C27H19ClN4O3S/c1-17-22(26(35)32(29-17)21-14-12-18(28)13-15-21)16-23-24(33)30(19-8-4-2-5-9-19)27(36)31(25(23)34)20-10-6-3-7-11-20/h2-16,33H,1H3/b22-16-. The van der Waals surface area contributed by atoms with Gasteiger partial charge in [-0.25, -0.2) is 0 Å². The molecule has 2 heterocycles. The predicted molar refractivity (Wildman–Crippen MR) is 144 cm³/mol. The third kappa shape index (κ3) is 4.06. The van der Waals surface area contributed by atoms with Crippen LogP contribution in [0.25, 0.3) is 17.5 Å². The van der Waals surface area contributed by atoms with Crippen molar-refractivity contribution in [3.63, 3.8) is 0 Å². The van der Waals surface area contributed by atoms with Crippen molar-refractivity contribution >= 4 is 47.2 Å². The molecular weight excluding hydrogens is 496 g/mol. The molecule has 0 fully saturated rings. The molecule has 4 aromatic rings. The molecule has 1 amide bonds. The zero-order valence-electron chi connectivity index (χ0n) is 19.0. The lowest BCUT2D eigenvalue weighted by molar-refractivity contribution is -0.114. The van der Waals surface area contributed by atoms with Gasteiger partial charge in [-0.3, -0.25) is 18.7 Å². The Morgan fingerprint density at radius 3 is 1.97 bits per heavy atom. The summed E-state index contributed by atoms with van der Waals surface area (Å²) in [6.07, 6.45) is 1.36. The number of benzene rings is 3. The SMILES string of the molecule is CC1=NN(c2ccc(Cl)cc2)C(=O)/C1=C\c1c(O)n(-c2ccccc2)c(=S)n(-c2ccccc2)c1=O. The summed E-state index contributed by atoms with van der Waals surface area (Å²) in [5.41, 5.74) is 1.54. The molecule has 0 bridgehead atoms. The molecule has 1 aliphatic rings. The third-order valence-electron chi connectivity index (χ3n) is 5.72. The van der Waals surface area contributed by atoms with Gasteiger partial charge >= 0.3 is 0 Å². The molecular formula is C27H19ClN4O3S.